The summed E-state index contributed by atoms with van der Waals surface area (Å²) >= 11 is 7.24. The summed E-state index contributed by atoms with van der Waals surface area (Å²) in [4.78, 5) is 12.3. The van der Waals surface area contributed by atoms with Gasteiger partial charge in [-0.25, -0.2) is 0 Å². The number of benzene rings is 2. The first-order valence-electron chi connectivity index (χ1n) is 10.4. The number of hydrogen-bond acceptors (Lipinski definition) is 5. The van der Waals surface area contributed by atoms with Gasteiger partial charge in [-0.2, -0.15) is 0 Å². The average molecular weight is 471 g/mol. The summed E-state index contributed by atoms with van der Waals surface area (Å²) in [6.45, 7) is 9.73. The molecule has 3 rings (SSSR count). The fraction of sp³-hybridized carbons (Fsp3) is 0.292. The van der Waals surface area contributed by atoms with E-state index in [-0.39, 0.29) is 11.7 Å². The molecule has 0 atom stereocenters. The second kappa shape index (κ2) is 11.7. The first kappa shape index (κ1) is 23.9. The van der Waals surface area contributed by atoms with E-state index in [0.29, 0.717) is 35.8 Å². The van der Waals surface area contributed by atoms with Crippen LogP contribution >= 0.6 is 23.4 Å². The summed E-state index contributed by atoms with van der Waals surface area (Å²) in [5.74, 6) is 2.18. The Morgan fingerprint density at radius 3 is 2.56 bits per heavy atom. The van der Waals surface area contributed by atoms with Gasteiger partial charge in [0.05, 0.1) is 12.4 Å². The number of aromatic nitrogens is 3. The standard InChI is InChI=1S/C24H27ClN4O2S/c1-4-13-29-23(19-7-11-21(12-8-19)31-15-17(2)3)27-28-24(29)32-16-22(30)26-14-18-5-9-20(25)10-6-18/h4-12,17H,1,13-16H2,2-3H3,(H,26,30). The van der Waals surface area contributed by atoms with Gasteiger partial charge < -0.3 is 10.1 Å². The van der Waals surface area contributed by atoms with Gasteiger partial charge in [0, 0.05) is 23.7 Å². The van der Waals surface area contributed by atoms with Crippen molar-refractivity contribution < 1.29 is 9.53 Å². The number of carbonyl (C=O) groups excluding carboxylic acids is 1. The molecule has 0 aliphatic heterocycles. The van der Waals surface area contributed by atoms with Crippen LogP contribution in [-0.4, -0.2) is 33.0 Å². The van der Waals surface area contributed by atoms with E-state index < -0.39 is 0 Å². The zero-order valence-corrected chi connectivity index (χ0v) is 19.8. The Labute approximate surface area is 198 Å². The largest absolute Gasteiger partial charge is 0.493 e. The average Bonchev–Trinajstić information content (AvgIpc) is 3.19. The van der Waals surface area contributed by atoms with Crippen molar-refractivity contribution in [2.24, 2.45) is 5.92 Å². The maximum absolute atomic E-state index is 12.3. The number of nitrogens with one attached hydrogen (secondary N) is 1. The molecule has 0 aliphatic carbocycles. The van der Waals surface area contributed by atoms with Crippen LogP contribution in [-0.2, 0) is 17.9 Å². The molecule has 3 aromatic rings. The summed E-state index contributed by atoms with van der Waals surface area (Å²) in [6, 6.07) is 15.2. The molecule has 168 valence electrons. The molecule has 0 radical (unpaired) electrons. The van der Waals surface area contributed by atoms with E-state index in [4.69, 9.17) is 16.3 Å². The molecular formula is C24H27ClN4O2S. The SMILES string of the molecule is C=CCn1c(SCC(=O)NCc2ccc(Cl)cc2)nnc1-c1ccc(OCC(C)C)cc1. The number of thioether (sulfide) groups is 1. The molecule has 2 aromatic carbocycles. The Morgan fingerprint density at radius 2 is 1.91 bits per heavy atom. The quantitative estimate of drug-likeness (QED) is 0.307. The number of rotatable bonds is 11. The van der Waals surface area contributed by atoms with Crippen LogP contribution in [0.5, 0.6) is 5.75 Å². The van der Waals surface area contributed by atoms with E-state index in [2.05, 4.69) is 35.9 Å². The molecule has 0 spiro atoms. The first-order chi connectivity index (χ1) is 15.5. The molecule has 8 heteroatoms. The molecule has 0 saturated heterocycles. The Bertz CT molecular complexity index is 1030. The molecule has 0 fully saturated rings. The summed E-state index contributed by atoms with van der Waals surface area (Å²) in [5, 5.41) is 12.9. The van der Waals surface area contributed by atoms with Gasteiger partial charge in [-0.3, -0.25) is 9.36 Å². The van der Waals surface area contributed by atoms with Crippen LogP contribution in [0.15, 0.2) is 66.3 Å². The van der Waals surface area contributed by atoms with Gasteiger partial charge in [-0.1, -0.05) is 55.4 Å². The van der Waals surface area contributed by atoms with Crippen LogP contribution < -0.4 is 10.1 Å². The van der Waals surface area contributed by atoms with E-state index in [9.17, 15) is 4.79 Å². The minimum absolute atomic E-state index is 0.0775. The molecule has 0 aliphatic rings. The Kier molecular flexibility index (Phi) is 8.76. The third-order valence-corrected chi connectivity index (χ3v) is 5.68. The van der Waals surface area contributed by atoms with Crippen molar-refractivity contribution in [3.63, 3.8) is 0 Å². The van der Waals surface area contributed by atoms with E-state index in [0.717, 1.165) is 22.7 Å². The predicted molar refractivity (Wildman–Crippen MR) is 130 cm³/mol. The van der Waals surface area contributed by atoms with Gasteiger partial charge in [-0.15, -0.1) is 16.8 Å². The number of carbonyl (C=O) groups is 1. The topological polar surface area (TPSA) is 69.0 Å². The lowest BCUT2D eigenvalue weighted by Crippen LogP contribution is -2.24. The number of allylic oxidation sites excluding steroid dienone is 1. The zero-order valence-electron chi connectivity index (χ0n) is 18.3. The van der Waals surface area contributed by atoms with Crippen LogP contribution in [0.4, 0.5) is 0 Å². The second-order valence-corrected chi connectivity index (χ2v) is 9.01. The number of ether oxygens (including phenoxy) is 1. The van der Waals surface area contributed by atoms with Crippen molar-refractivity contribution in [2.45, 2.75) is 32.1 Å². The predicted octanol–water partition coefficient (Wildman–Crippen LogP) is 5.23. The minimum Gasteiger partial charge on any atom is -0.493 e. The van der Waals surface area contributed by atoms with E-state index >= 15 is 0 Å². The van der Waals surface area contributed by atoms with Gasteiger partial charge in [-0.05, 0) is 47.9 Å². The molecule has 0 unspecified atom stereocenters. The Balaban J connectivity index is 1.62. The third-order valence-electron chi connectivity index (χ3n) is 4.46. The third kappa shape index (κ3) is 6.87. The summed E-state index contributed by atoms with van der Waals surface area (Å²) in [7, 11) is 0. The molecular weight excluding hydrogens is 444 g/mol. The Hall–Kier alpha value is -2.77. The Morgan fingerprint density at radius 1 is 1.19 bits per heavy atom. The highest BCUT2D eigenvalue weighted by Crippen LogP contribution is 2.26. The van der Waals surface area contributed by atoms with E-state index in [1.54, 1.807) is 18.2 Å². The van der Waals surface area contributed by atoms with Crippen LogP contribution in [0.3, 0.4) is 0 Å². The second-order valence-electron chi connectivity index (χ2n) is 7.63. The molecule has 1 amide bonds. The molecule has 1 heterocycles. The smallest absolute Gasteiger partial charge is 0.230 e. The summed E-state index contributed by atoms with van der Waals surface area (Å²) in [5.41, 5.74) is 1.92. The van der Waals surface area contributed by atoms with Crippen molar-refractivity contribution in [3.05, 3.63) is 71.8 Å². The van der Waals surface area contributed by atoms with Crippen molar-refractivity contribution in [1.29, 1.82) is 0 Å². The maximum atomic E-state index is 12.3. The molecule has 1 N–H and O–H groups in total. The van der Waals surface area contributed by atoms with Crippen LogP contribution in [0, 0.1) is 5.92 Å². The molecule has 0 bridgehead atoms. The number of hydrogen-bond donors (Lipinski definition) is 1. The van der Waals surface area contributed by atoms with E-state index in [1.165, 1.54) is 11.8 Å². The van der Waals surface area contributed by atoms with Gasteiger partial charge in [0.1, 0.15) is 5.75 Å². The van der Waals surface area contributed by atoms with Crippen LogP contribution in [0.1, 0.15) is 19.4 Å². The molecule has 32 heavy (non-hydrogen) atoms. The van der Waals surface area contributed by atoms with E-state index in [1.807, 2.05) is 41.0 Å². The minimum atomic E-state index is -0.0775. The normalized spacial score (nSPS) is 10.9. The highest BCUT2D eigenvalue weighted by Gasteiger charge is 2.15. The first-order valence-corrected chi connectivity index (χ1v) is 11.7. The van der Waals surface area contributed by atoms with Gasteiger partial charge in [0.15, 0.2) is 11.0 Å². The van der Waals surface area contributed by atoms with Gasteiger partial charge >= 0.3 is 0 Å². The van der Waals surface area contributed by atoms with Gasteiger partial charge in [0.2, 0.25) is 5.91 Å². The number of amides is 1. The van der Waals surface area contributed by atoms with Crippen LogP contribution in [0.25, 0.3) is 11.4 Å². The number of halogens is 1. The molecule has 6 nitrogen and oxygen atoms in total. The van der Waals surface area contributed by atoms with Crippen molar-refractivity contribution in [1.82, 2.24) is 20.1 Å². The summed E-state index contributed by atoms with van der Waals surface area (Å²) < 4.78 is 7.71. The fourth-order valence-corrected chi connectivity index (χ4v) is 3.75. The van der Waals surface area contributed by atoms with Crippen molar-refractivity contribution in [3.8, 4) is 17.1 Å². The highest BCUT2D eigenvalue weighted by atomic mass is 35.5. The lowest BCUT2D eigenvalue weighted by Gasteiger charge is -2.10. The monoisotopic (exact) mass is 470 g/mol. The maximum Gasteiger partial charge on any atom is 0.230 e. The van der Waals surface area contributed by atoms with Crippen LogP contribution in [0.2, 0.25) is 5.02 Å². The van der Waals surface area contributed by atoms with Crippen molar-refractivity contribution in [2.75, 3.05) is 12.4 Å². The lowest BCUT2D eigenvalue weighted by molar-refractivity contribution is -0.118. The zero-order chi connectivity index (χ0) is 22.9. The van der Waals surface area contributed by atoms with Gasteiger partial charge in [0.25, 0.3) is 0 Å². The van der Waals surface area contributed by atoms with Crippen molar-refractivity contribution >= 4 is 29.3 Å². The molecule has 1 aromatic heterocycles. The lowest BCUT2D eigenvalue weighted by atomic mass is 10.2. The highest BCUT2D eigenvalue weighted by molar-refractivity contribution is 7.99. The number of nitrogens with zero attached hydrogens (tertiary/aromatic N) is 3. The molecule has 0 saturated carbocycles. The summed E-state index contributed by atoms with van der Waals surface area (Å²) in [6.07, 6.45) is 1.79. The fourth-order valence-electron chi connectivity index (χ4n) is 2.85.